The van der Waals surface area contributed by atoms with Crippen LogP contribution in [0, 0.1) is 0 Å². The van der Waals surface area contributed by atoms with Gasteiger partial charge in [-0.25, -0.2) is 9.59 Å². The van der Waals surface area contributed by atoms with Gasteiger partial charge in [0.25, 0.3) is 0 Å². The number of amides is 2. The summed E-state index contributed by atoms with van der Waals surface area (Å²) in [6.45, 7) is 6.89. The first-order valence-corrected chi connectivity index (χ1v) is 8.18. The maximum atomic E-state index is 12.7. The van der Waals surface area contributed by atoms with Crippen LogP contribution < -0.4 is 5.32 Å². The van der Waals surface area contributed by atoms with Crippen molar-refractivity contribution in [3.8, 4) is 0 Å². The molecule has 0 radical (unpaired) electrons. The Morgan fingerprint density at radius 1 is 1.24 bits per heavy atom. The Morgan fingerprint density at radius 3 is 2.40 bits per heavy atom. The van der Waals surface area contributed by atoms with Gasteiger partial charge in [0, 0.05) is 13.0 Å². The monoisotopic (exact) mass is 348 g/mol. The van der Waals surface area contributed by atoms with Crippen LogP contribution in [0.5, 0.6) is 0 Å². The molecule has 1 aromatic rings. The lowest BCUT2D eigenvalue weighted by Crippen LogP contribution is -2.55. The zero-order valence-corrected chi connectivity index (χ0v) is 14.9. The van der Waals surface area contributed by atoms with Crippen molar-refractivity contribution in [2.75, 3.05) is 0 Å². The highest BCUT2D eigenvalue weighted by atomic mass is 16.6. The summed E-state index contributed by atoms with van der Waals surface area (Å²) >= 11 is 0. The van der Waals surface area contributed by atoms with Crippen molar-refractivity contribution in [3.05, 3.63) is 35.4 Å². The van der Waals surface area contributed by atoms with Gasteiger partial charge in [0.05, 0.1) is 0 Å². The molecule has 1 aliphatic heterocycles. The van der Waals surface area contributed by atoms with Crippen LogP contribution in [-0.2, 0) is 27.3 Å². The predicted molar refractivity (Wildman–Crippen MR) is 91.0 cm³/mol. The van der Waals surface area contributed by atoms with Gasteiger partial charge in [-0.05, 0) is 38.8 Å². The first-order chi connectivity index (χ1) is 11.6. The minimum absolute atomic E-state index is 0.201. The lowest BCUT2D eigenvalue weighted by atomic mass is 9.93. The standard InChI is InChI=1S/C18H24N2O5/c1-11(19-17(24)25-18(2,3)4)15(21)20-10-13-8-6-5-7-12(13)9-14(20)16(22)23/h5-8,11,14H,9-10H2,1-4H3,(H,19,24)(H,22,23)/t11?,14-/m0/s1. The van der Waals surface area contributed by atoms with Crippen LogP contribution in [0.1, 0.15) is 38.8 Å². The lowest BCUT2D eigenvalue weighted by molar-refractivity contribution is -0.152. The minimum atomic E-state index is -1.06. The average molecular weight is 348 g/mol. The fourth-order valence-electron chi connectivity index (χ4n) is 2.77. The number of carbonyl (C=O) groups is 3. The summed E-state index contributed by atoms with van der Waals surface area (Å²) in [7, 11) is 0. The fraction of sp³-hybridized carbons (Fsp3) is 0.500. The molecular formula is C18H24N2O5. The molecule has 0 saturated heterocycles. The van der Waals surface area contributed by atoms with Gasteiger partial charge in [-0.2, -0.15) is 0 Å². The van der Waals surface area contributed by atoms with E-state index in [2.05, 4.69) is 5.32 Å². The van der Waals surface area contributed by atoms with E-state index in [1.807, 2.05) is 24.3 Å². The molecule has 136 valence electrons. The van der Waals surface area contributed by atoms with E-state index < -0.39 is 35.7 Å². The lowest BCUT2D eigenvalue weighted by Gasteiger charge is -2.36. The molecule has 1 heterocycles. The molecule has 2 rings (SSSR count). The van der Waals surface area contributed by atoms with Gasteiger partial charge in [-0.15, -0.1) is 0 Å². The molecule has 0 aromatic heterocycles. The Labute approximate surface area is 147 Å². The van der Waals surface area contributed by atoms with Gasteiger partial charge >= 0.3 is 12.1 Å². The van der Waals surface area contributed by atoms with E-state index in [-0.39, 0.29) is 13.0 Å². The van der Waals surface area contributed by atoms with Crippen molar-refractivity contribution in [2.45, 2.75) is 58.3 Å². The van der Waals surface area contributed by atoms with Crippen molar-refractivity contribution < 1.29 is 24.2 Å². The smallest absolute Gasteiger partial charge is 0.408 e. The highest BCUT2D eigenvalue weighted by Gasteiger charge is 2.36. The van der Waals surface area contributed by atoms with Crippen LogP contribution in [0.4, 0.5) is 4.79 Å². The molecule has 1 aliphatic rings. The maximum absolute atomic E-state index is 12.7. The molecule has 0 saturated carbocycles. The summed E-state index contributed by atoms with van der Waals surface area (Å²) in [4.78, 5) is 37.5. The van der Waals surface area contributed by atoms with Crippen LogP contribution in [0.25, 0.3) is 0 Å². The number of carbonyl (C=O) groups excluding carboxylic acids is 2. The summed E-state index contributed by atoms with van der Waals surface area (Å²) in [6.07, 6.45) is -0.464. The minimum Gasteiger partial charge on any atom is -0.480 e. The van der Waals surface area contributed by atoms with E-state index in [1.165, 1.54) is 11.8 Å². The summed E-state index contributed by atoms with van der Waals surface area (Å²) in [6, 6.07) is 5.61. The summed E-state index contributed by atoms with van der Waals surface area (Å²) < 4.78 is 5.14. The molecule has 0 aliphatic carbocycles. The molecule has 2 N–H and O–H groups in total. The van der Waals surface area contributed by atoms with E-state index in [4.69, 9.17) is 4.74 Å². The number of ether oxygens (including phenoxy) is 1. The van der Waals surface area contributed by atoms with Gasteiger partial charge in [0.1, 0.15) is 17.7 Å². The molecule has 2 amide bonds. The van der Waals surface area contributed by atoms with Gasteiger partial charge in [0.2, 0.25) is 5.91 Å². The van der Waals surface area contributed by atoms with Crippen molar-refractivity contribution in [3.63, 3.8) is 0 Å². The quantitative estimate of drug-likeness (QED) is 0.870. The Morgan fingerprint density at radius 2 is 1.84 bits per heavy atom. The third-order valence-electron chi connectivity index (χ3n) is 3.92. The average Bonchev–Trinajstić information content (AvgIpc) is 2.50. The topological polar surface area (TPSA) is 95.9 Å². The number of hydrogen-bond donors (Lipinski definition) is 2. The summed E-state index contributed by atoms with van der Waals surface area (Å²) in [5.41, 5.74) is 1.16. The van der Waals surface area contributed by atoms with Crippen molar-refractivity contribution in [1.82, 2.24) is 10.2 Å². The van der Waals surface area contributed by atoms with Crippen LogP contribution in [0.15, 0.2) is 24.3 Å². The second-order valence-electron chi connectivity index (χ2n) is 7.16. The van der Waals surface area contributed by atoms with Gasteiger partial charge < -0.3 is 20.1 Å². The zero-order chi connectivity index (χ0) is 18.8. The highest BCUT2D eigenvalue weighted by Crippen LogP contribution is 2.24. The SMILES string of the molecule is CC(NC(=O)OC(C)(C)C)C(=O)N1Cc2ccccc2C[C@H]1C(=O)O. The van der Waals surface area contributed by atoms with E-state index >= 15 is 0 Å². The highest BCUT2D eigenvalue weighted by molar-refractivity contribution is 5.89. The van der Waals surface area contributed by atoms with Crippen LogP contribution >= 0.6 is 0 Å². The van der Waals surface area contributed by atoms with Crippen molar-refractivity contribution in [2.24, 2.45) is 0 Å². The number of nitrogens with zero attached hydrogens (tertiary/aromatic N) is 1. The zero-order valence-electron chi connectivity index (χ0n) is 14.9. The number of alkyl carbamates (subject to hydrolysis) is 1. The van der Waals surface area contributed by atoms with Crippen LogP contribution in [-0.4, -0.2) is 45.7 Å². The Balaban J connectivity index is 2.13. The van der Waals surface area contributed by atoms with Crippen molar-refractivity contribution >= 4 is 18.0 Å². The number of rotatable bonds is 3. The Kier molecular flexibility index (Phi) is 5.35. The van der Waals surface area contributed by atoms with E-state index in [9.17, 15) is 19.5 Å². The molecule has 7 nitrogen and oxygen atoms in total. The second kappa shape index (κ2) is 7.13. The fourth-order valence-corrected chi connectivity index (χ4v) is 2.77. The first kappa shape index (κ1) is 18.8. The van der Waals surface area contributed by atoms with Crippen molar-refractivity contribution in [1.29, 1.82) is 0 Å². The van der Waals surface area contributed by atoms with Gasteiger partial charge in [0.15, 0.2) is 0 Å². The molecule has 0 bridgehead atoms. The number of benzene rings is 1. The van der Waals surface area contributed by atoms with Gasteiger partial charge in [-0.1, -0.05) is 24.3 Å². The molecule has 0 fully saturated rings. The van der Waals surface area contributed by atoms with E-state index in [0.717, 1.165) is 11.1 Å². The second-order valence-corrected chi connectivity index (χ2v) is 7.16. The molecule has 2 atom stereocenters. The Bertz CT molecular complexity index is 680. The molecule has 7 heteroatoms. The molecule has 1 aromatic carbocycles. The molecule has 0 spiro atoms. The predicted octanol–water partition coefficient (Wildman–Crippen LogP) is 1.94. The third-order valence-corrected chi connectivity index (χ3v) is 3.92. The number of fused-ring (bicyclic) bond motifs is 1. The number of nitrogens with one attached hydrogen (secondary N) is 1. The molecule has 1 unspecified atom stereocenters. The third kappa shape index (κ3) is 4.71. The van der Waals surface area contributed by atoms with Gasteiger partial charge in [-0.3, -0.25) is 4.79 Å². The van der Waals surface area contributed by atoms with E-state index in [1.54, 1.807) is 20.8 Å². The van der Waals surface area contributed by atoms with Crippen LogP contribution in [0.3, 0.4) is 0 Å². The number of aliphatic carboxylic acids is 1. The van der Waals surface area contributed by atoms with E-state index in [0.29, 0.717) is 0 Å². The number of hydrogen-bond acceptors (Lipinski definition) is 4. The van der Waals surface area contributed by atoms with Crippen LogP contribution in [0.2, 0.25) is 0 Å². The first-order valence-electron chi connectivity index (χ1n) is 8.18. The summed E-state index contributed by atoms with van der Waals surface area (Å²) in [5, 5.41) is 12.0. The number of carboxylic acids is 1. The molecule has 25 heavy (non-hydrogen) atoms. The number of carboxylic acid groups (broad SMARTS) is 1. The Hall–Kier alpha value is -2.57. The maximum Gasteiger partial charge on any atom is 0.408 e. The molecular weight excluding hydrogens is 324 g/mol. The largest absolute Gasteiger partial charge is 0.480 e. The summed E-state index contributed by atoms with van der Waals surface area (Å²) in [5.74, 6) is -1.51. The normalized spacial score (nSPS) is 18.1.